The Morgan fingerprint density at radius 3 is 3.07 bits per heavy atom. The first-order valence-electron chi connectivity index (χ1n) is 9.03. The smallest absolute Gasteiger partial charge is 0.322 e. The van der Waals surface area contributed by atoms with Crippen LogP contribution < -0.4 is 20.7 Å². The van der Waals surface area contributed by atoms with E-state index in [1.54, 1.807) is 41.8 Å². The molecule has 152 valence electrons. The number of anilines is 3. The predicted octanol–water partition coefficient (Wildman–Crippen LogP) is 1.39. The number of thiazole rings is 1. The molecule has 1 aliphatic rings. The minimum atomic E-state index is -0.403. The number of carbonyl (C=O) groups is 1. The van der Waals surface area contributed by atoms with E-state index in [1.165, 1.54) is 11.3 Å². The number of nitrogens with zero attached hydrogens (tertiary/aromatic N) is 5. The van der Waals surface area contributed by atoms with Gasteiger partial charge in [-0.2, -0.15) is 4.98 Å². The number of rotatable bonds is 4. The molecule has 2 aromatic heterocycles. The second-order valence-corrected chi connectivity index (χ2v) is 7.38. The molecule has 3 heterocycles. The van der Waals surface area contributed by atoms with Gasteiger partial charge in [-0.3, -0.25) is 0 Å². The Morgan fingerprint density at radius 2 is 2.28 bits per heavy atom. The molecule has 1 aromatic carbocycles. The third kappa shape index (κ3) is 3.87. The van der Waals surface area contributed by atoms with Gasteiger partial charge < -0.3 is 30.7 Å². The lowest BCUT2D eigenvalue weighted by Gasteiger charge is -2.41. The lowest BCUT2D eigenvalue weighted by molar-refractivity contribution is 0.132. The maximum Gasteiger partial charge on any atom is 0.322 e. The summed E-state index contributed by atoms with van der Waals surface area (Å²) in [5, 5.41) is 12.8. The summed E-state index contributed by atoms with van der Waals surface area (Å²) in [5.41, 5.74) is 8.84. The number of nitrogens with one attached hydrogen (secondary N) is 1. The van der Waals surface area contributed by atoms with Crippen molar-refractivity contribution in [1.82, 2.24) is 19.9 Å². The number of urea groups is 1. The first-order chi connectivity index (χ1) is 14.1. The van der Waals surface area contributed by atoms with Crippen LogP contribution in [0.2, 0.25) is 0 Å². The number of hydrogen-bond donors (Lipinski definition) is 3. The molecule has 29 heavy (non-hydrogen) atoms. The Labute approximate surface area is 170 Å². The van der Waals surface area contributed by atoms with Crippen molar-refractivity contribution < 1.29 is 14.6 Å². The van der Waals surface area contributed by atoms with Crippen LogP contribution in [0.5, 0.6) is 5.75 Å². The zero-order chi connectivity index (χ0) is 20.4. The number of methoxy groups -OCH3 is 1. The largest absolute Gasteiger partial charge is 0.497 e. The number of carbonyl (C=O) groups excluding carboxylic acids is 1. The Bertz CT molecular complexity index is 1030. The van der Waals surface area contributed by atoms with Gasteiger partial charge in [0.05, 0.1) is 25.3 Å². The monoisotopic (exact) mass is 415 g/mol. The molecule has 4 N–H and O–H groups in total. The van der Waals surface area contributed by atoms with E-state index in [-0.39, 0.29) is 18.6 Å². The quantitative estimate of drug-likeness (QED) is 0.583. The average molecular weight is 415 g/mol. The number of ether oxygens (including phenoxy) is 1. The van der Waals surface area contributed by atoms with Crippen LogP contribution in [0.25, 0.3) is 10.3 Å². The molecule has 0 bridgehead atoms. The second-order valence-electron chi connectivity index (χ2n) is 6.55. The first-order valence-corrected chi connectivity index (χ1v) is 9.91. The molecule has 1 aliphatic heterocycles. The number of aromatic nitrogens is 3. The summed E-state index contributed by atoms with van der Waals surface area (Å²) < 4.78 is 5.19. The van der Waals surface area contributed by atoms with Gasteiger partial charge in [-0.25, -0.2) is 14.8 Å². The summed E-state index contributed by atoms with van der Waals surface area (Å²) in [5.74, 6) is 1.45. The third-order valence-electron chi connectivity index (χ3n) is 4.77. The van der Waals surface area contributed by atoms with Crippen molar-refractivity contribution in [3.63, 3.8) is 0 Å². The molecular weight excluding hydrogens is 394 g/mol. The normalized spacial score (nSPS) is 16.8. The number of amides is 2. The summed E-state index contributed by atoms with van der Waals surface area (Å²) >= 11 is 1.39. The van der Waals surface area contributed by atoms with E-state index in [0.717, 1.165) is 0 Å². The minimum absolute atomic E-state index is 0.176. The summed E-state index contributed by atoms with van der Waals surface area (Å²) in [7, 11) is 1.57. The topological polar surface area (TPSA) is 130 Å². The van der Waals surface area contributed by atoms with Crippen LogP contribution >= 0.6 is 11.3 Å². The molecule has 4 rings (SSSR count). The number of nitrogen functional groups attached to an aromatic ring is 1. The average Bonchev–Trinajstić information content (AvgIpc) is 3.21. The van der Waals surface area contributed by atoms with Gasteiger partial charge in [-0.15, -0.1) is 11.3 Å². The molecule has 2 amide bonds. The molecule has 3 aromatic rings. The molecule has 0 spiro atoms. The number of hydrogen-bond acceptors (Lipinski definition) is 9. The highest BCUT2D eigenvalue weighted by molar-refractivity contribution is 7.16. The van der Waals surface area contributed by atoms with Crippen LogP contribution in [0, 0.1) is 0 Å². The lowest BCUT2D eigenvalue weighted by atomic mass is 10.2. The highest BCUT2D eigenvalue weighted by Gasteiger charge is 2.32. The standard InChI is InChI=1S/C18H21N7O3S/c1-28-13-4-2-3-11(7-13)21-18(27)25-6-5-24(8-12(25)9-26)15-14-16(29-10-20-14)23-17(19)22-15/h2-4,7,10,12,26H,5-6,8-9H2,1H3,(H,21,27)(H2,19,22,23)/t12-/m1/s1. The van der Waals surface area contributed by atoms with Gasteiger partial charge in [-0.1, -0.05) is 6.07 Å². The van der Waals surface area contributed by atoms with Crippen molar-refractivity contribution in [2.45, 2.75) is 6.04 Å². The molecule has 0 radical (unpaired) electrons. The third-order valence-corrected chi connectivity index (χ3v) is 5.49. The molecule has 0 aliphatic carbocycles. The molecule has 1 atom stereocenters. The van der Waals surface area contributed by atoms with E-state index in [4.69, 9.17) is 10.5 Å². The van der Waals surface area contributed by atoms with Crippen molar-refractivity contribution >= 4 is 45.2 Å². The fourth-order valence-corrected chi connectivity index (χ4v) is 4.01. The van der Waals surface area contributed by atoms with E-state index >= 15 is 0 Å². The maximum atomic E-state index is 12.8. The number of benzene rings is 1. The van der Waals surface area contributed by atoms with Gasteiger partial charge >= 0.3 is 6.03 Å². The zero-order valence-electron chi connectivity index (χ0n) is 15.8. The fraction of sp³-hybridized carbons (Fsp3) is 0.333. The van der Waals surface area contributed by atoms with Crippen molar-refractivity contribution in [3.8, 4) is 5.75 Å². The molecule has 0 saturated carbocycles. The van der Waals surface area contributed by atoms with Gasteiger partial charge in [0.25, 0.3) is 0 Å². The highest BCUT2D eigenvalue weighted by atomic mass is 32.1. The van der Waals surface area contributed by atoms with Crippen LogP contribution in [-0.2, 0) is 0 Å². The molecule has 10 nitrogen and oxygen atoms in total. The maximum absolute atomic E-state index is 12.8. The number of fused-ring (bicyclic) bond motifs is 1. The lowest BCUT2D eigenvalue weighted by Crippen LogP contribution is -2.58. The summed E-state index contributed by atoms with van der Waals surface area (Å²) in [6, 6.07) is 6.45. The number of aliphatic hydroxyl groups is 1. The van der Waals surface area contributed by atoms with Crippen LogP contribution in [0.1, 0.15) is 0 Å². The Hall–Kier alpha value is -3.18. The molecule has 11 heteroatoms. The van der Waals surface area contributed by atoms with Crippen molar-refractivity contribution in [2.24, 2.45) is 0 Å². The predicted molar refractivity (Wildman–Crippen MR) is 111 cm³/mol. The first kappa shape index (κ1) is 19.2. The van der Waals surface area contributed by atoms with Crippen molar-refractivity contribution in [1.29, 1.82) is 0 Å². The van der Waals surface area contributed by atoms with Crippen molar-refractivity contribution in [3.05, 3.63) is 29.8 Å². The fourth-order valence-electron chi connectivity index (χ4n) is 3.35. The van der Waals surface area contributed by atoms with Crippen LogP contribution in [-0.4, -0.2) is 70.4 Å². The number of nitrogens with two attached hydrogens (primary N) is 1. The summed E-state index contributed by atoms with van der Waals surface area (Å²) in [6.45, 7) is 1.18. The summed E-state index contributed by atoms with van der Waals surface area (Å²) in [4.78, 5) is 30.0. The van der Waals surface area contributed by atoms with E-state index in [0.29, 0.717) is 47.2 Å². The summed E-state index contributed by atoms with van der Waals surface area (Å²) in [6.07, 6.45) is 0. The van der Waals surface area contributed by atoms with E-state index in [1.807, 2.05) is 4.90 Å². The van der Waals surface area contributed by atoms with Crippen LogP contribution in [0.4, 0.5) is 22.2 Å². The second kappa shape index (κ2) is 8.05. The SMILES string of the molecule is COc1cccc(NC(=O)N2CCN(c3nc(N)nc4scnc34)C[C@@H]2CO)c1. The molecule has 1 saturated heterocycles. The van der Waals surface area contributed by atoms with Crippen LogP contribution in [0.3, 0.4) is 0 Å². The van der Waals surface area contributed by atoms with Crippen molar-refractivity contribution in [2.75, 3.05) is 49.3 Å². The van der Waals surface area contributed by atoms with Gasteiger partial charge in [-0.05, 0) is 12.1 Å². The molecule has 1 fully saturated rings. The van der Waals surface area contributed by atoms with E-state index in [9.17, 15) is 9.90 Å². The van der Waals surface area contributed by atoms with Gasteiger partial charge in [0.1, 0.15) is 11.3 Å². The zero-order valence-corrected chi connectivity index (χ0v) is 16.6. The van der Waals surface area contributed by atoms with E-state index < -0.39 is 6.04 Å². The Morgan fingerprint density at radius 1 is 1.41 bits per heavy atom. The van der Waals surface area contributed by atoms with Gasteiger partial charge in [0.2, 0.25) is 5.95 Å². The Kier molecular flexibility index (Phi) is 5.32. The minimum Gasteiger partial charge on any atom is -0.497 e. The number of aliphatic hydroxyl groups excluding tert-OH is 1. The van der Waals surface area contributed by atoms with Gasteiger partial charge in [0, 0.05) is 31.4 Å². The number of piperazine rings is 1. The highest BCUT2D eigenvalue weighted by Crippen LogP contribution is 2.28. The molecular formula is C18H21N7O3S. The van der Waals surface area contributed by atoms with Crippen LogP contribution in [0.15, 0.2) is 29.8 Å². The van der Waals surface area contributed by atoms with E-state index in [2.05, 4.69) is 20.3 Å². The van der Waals surface area contributed by atoms with Gasteiger partial charge in [0.15, 0.2) is 10.6 Å². The molecule has 0 unspecified atom stereocenters. The Balaban J connectivity index is 1.51.